The maximum Gasteiger partial charge on any atom is 0.416 e. The Kier molecular flexibility index (Phi) is 4.09. The quantitative estimate of drug-likeness (QED) is 0.624. The van der Waals surface area contributed by atoms with Gasteiger partial charge in [-0.3, -0.25) is 0 Å². The van der Waals surface area contributed by atoms with Gasteiger partial charge < -0.3 is 9.74 Å². The van der Waals surface area contributed by atoms with E-state index < -0.39 is 11.7 Å². The van der Waals surface area contributed by atoms with Crippen LogP contribution in [0.5, 0.6) is 0 Å². The molecule has 6 heteroatoms. The van der Waals surface area contributed by atoms with Crippen molar-refractivity contribution in [1.82, 2.24) is 4.90 Å². The lowest BCUT2D eigenvalue weighted by Crippen LogP contribution is -2.17. The third kappa shape index (κ3) is 3.96. The van der Waals surface area contributed by atoms with Gasteiger partial charge in [-0.1, -0.05) is 17.3 Å². The molecule has 19 heavy (non-hydrogen) atoms. The second-order valence-electron chi connectivity index (χ2n) is 4.64. The summed E-state index contributed by atoms with van der Waals surface area (Å²) in [6, 6.07) is 4.99. The van der Waals surface area contributed by atoms with Gasteiger partial charge in [0.1, 0.15) is 6.10 Å². The number of rotatable bonds is 3. The highest BCUT2D eigenvalue weighted by Gasteiger charge is 2.30. The van der Waals surface area contributed by atoms with Gasteiger partial charge in [0.05, 0.1) is 11.8 Å². The van der Waals surface area contributed by atoms with Crippen molar-refractivity contribution in [1.29, 1.82) is 0 Å². The molecule has 0 bridgehead atoms. The molecule has 0 N–H and O–H groups in total. The Balaban J connectivity index is 1.95. The lowest BCUT2D eigenvalue weighted by molar-refractivity contribution is -0.137. The third-order valence-electron chi connectivity index (χ3n) is 2.97. The summed E-state index contributed by atoms with van der Waals surface area (Å²) in [7, 11) is 1.99. The van der Waals surface area contributed by atoms with Gasteiger partial charge in [0, 0.05) is 19.5 Å². The molecule has 0 saturated carbocycles. The van der Waals surface area contributed by atoms with Gasteiger partial charge in [-0.15, -0.1) is 0 Å². The molecule has 1 heterocycles. The Morgan fingerprint density at radius 1 is 1.42 bits per heavy atom. The molecule has 0 aromatic heterocycles. The molecule has 0 radical (unpaired) electrons. The Bertz CT molecular complexity index is 459. The minimum absolute atomic E-state index is 0.0204. The number of alkyl halides is 3. The summed E-state index contributed by atoms with van der Waals surface area (Å²) in [5, 5.41) is 3.76. The molecular formula is C13H15F3N2O. The minimum atomic E-state index is -4.33. The van der Waals surface area contributed by atoms with Crippen LogP contribution in [-0.2, 0) is 11.0 Å². The first-order chi connectivity index (χ1) is 8.95. The van der Waals surface area contributed by atoms with Crippen LogP contribution >= 0.6 is 0 Å². The predicted molar refractivity (Wildman–Crippen MR) is 66.0 cm³/mol. The van der Waals surface area contributed by atoms with Crippen LogP contribution in [0.3, 0.4) is 0 Å². The maximum atomic E-state index is 12.5. The van der Waals surface area contributed by atoms with Crippen LogP contribution in [-0.4, -0.2) is 37.4 Å². The normalized spacial score (nSPS) is 21.2. The Morgan fingerprint density at radius 3 is 2.84 bits per heavy atom. The fourth-order valence-electron chi connectivity index (χ4n) is 1.95. The number of hydrogen-bond donors (Lipinski definition) is 0. The summed E-state index contributed by atoms with van der Waals surface area (Å²) in [5.41, 5.74) is -0.307. The van der Waals surface area contributed by atoms with Crippen molar-refractivity contribution < 1.29 is 18.0 Å². The van der Waals surface area contributed by atoms with Crippen molar-refractivity contribution in [2.24, 2.45) is 5.16 Å². The Labute approximate surface area is 109 Å². The van der Waals surface area contributed by atoms with E-state index in [0.717, 1.165) is 31.6 Å². The second kappa shape index (κ2) is 5.61. The van der Waals surface area contributed by atoms with Crippen LogP contribution in [0.2, 0.25) is 0 Å². The van der Waals surface area contributed by atoms with Crippen LogP contribution in [0.1, 0.15) is 17.5 Å². The van der Waals surface area contributed by atoms with E-state index >= 15 is 0 Å². The minimum Gasteiger partial charge on any atom is -0.391 e. The zero-order chi connectivity index (χ0) is 13.9. The highest BCUT2D eigenvalue weighted by molar-refractivity contribution is 5.79. The van der Waals surface area contributed by atoms with E-state index in [1.54, 1.807) is 6.07 Å². The Morgan fingerprint density at radius 2 is 2.21 bits per heavy atom. The average molecular weight is 272 g/mol. The van der Waals surface area contributed by atoms with Gasteiger partial charge in [0.25, 0.3) is 0 Å². The van der Waals surface area contributed by atoms with E-state index in [0.29, 0.717) is 5.56 Å². The van der Waals surface area contributed by atoms with Crippen molar-refractivity contribution in [2.75, 3.05) is 20.1 Å². The zero-order valence-corrected chi connectivity index (χ0v) is 10.5. The molecule has 1 saturated heterocycles. The first-order valence-corrected chi connectivity index (χ1v) is 6.00. The highest BCUT2D eigenvalue weighted by atomic mass is 19.4. The molecule has 1 atom stereocenters. The maximum absolute atomic E-state index is 12.5. The SMILES string of the molecule is CN1CCC(O/N=C/c2cccc(C(F)(F)F)c2)C1. The monoisotopic (exact) mass is 272 g/mol. The molecule has 0 spiro atoms. The van der Waals surface area contributed by atoms with E-state index in [1.807, 2.05) is 7.05 Å². The van der Waals surface area contributed by atoms with Crippen molar-refractivity contribution in [3.63, 3.8) is 0 Å². The molecule has 1 unspecified atom stereocenters. The first kappa shape index (κ1) is 13.9. The van der Waals surface area contributed by atoms with Gasteiger partial charge in [0.2, 0.25) is 0 Å². The summed E-state index contributed by atoms with van der Waals surface area (Å²) in [4.78, 5) is 7.36. The zero-order valence-electron chi connectivity index (χ0n) is 10.5. The summed E-state index contributed by atoms with van der Waals surface area (Å²) < 4.78 is 37.5. The van der Waals surface area contributed by atoms with E-state index in [9.17, 15) is 13.2 Å². The average Bonchev–Trinajstić information content (AvgIpc) is 2.74. The fraction of sp³-hybridized carbons (Fsp3) is 0.462. The topological polar surface area (TPSA) is 24.8 Å². The van der Waals surface area contributed by atoms with Crippen molar-refractivity contribution in [3.05, 3.63) is 35.4 Å². The molecule has 0 aliphatic carbocycles. The van der Waals surface area contributed by atoms with Crippen molar-refractivity contribution >= 4 is 6.21 Å². The third-order valence-corrected chi connectivity index (χ3v) is 2.97. The summed E-state index contributed by atoms with van der Waals surface area (Å²) in [5.74, 6) is 0. The number of hydrogen-bond acceptors (Lipinski definition) is 3. The molecule has 0 amide bonds. The smallest absolute Gasteiger partial charge is 0.391 e. The first-order valence-electron chi connectivity index (χ1n) is 6.00. The molecule has 2 rings (SSSR count). The lowest BCUT2D eigenvalue weighted by Gasteiger charge is -2.08. The molecule has 1 aromatic carbocycles. The van der Waals surface area contributed by atoms with Crippen molar-refractivity contribution in [3.8, 4) is 0 Å². The number of oxime groups is 1. The van der Waals surface area contributed by atoms with Crippen LogP contribution in [0.25, 0.3) is 0 Å². The molecule has 3 nitrogen and oxygen atoms in total. The predicted octanol–water partition coefficient (Wildman–Crippen LogP) is 2.76. The van der Waals surface area contributed by atoms with Crippen LogP contribution in [0, 0.1) is 0 Å². The van der Waals surface area contributed by atoms with Crippen LogP contribution in [0.15, 0.2) is 29.4 Å². The number of benzene rings is 1. The molecule has 1 aromatic rings. The van der Waals surface area contributed by atoms with Crippen LogP contribution in [0.4, 0.5) is 13.2 Å². The van der Waals surface area contributed by atoms with E-state index in [1.165, 1.54) is 12.3 Å². The lowest BCUT2D eigenvalue weighted by atomic mass is 10.1. The van der Waals surface area contributed by atoms with Crippen LogP contribution < -0.4 is 0 Å². The Hall–Kier alpha value is -1.56. The molecule has 1 aliphatic rings. The summed E-state index contributed by atoms with van der Waals surface area (Å²) in [6.07, 6.45) is -2.12. The molecular weight excluding hydrogens is 257 g/mol. The second-order valence-corrected chi connectivity index (χ2v) is 4.64. The van der Waals surface area contributed by atoms with Gasteiger partial charge in [-0.2, -0.15) is 13.2 Å². The van der Waals surface area contributed by atoms with Gasteiger partial charge in [-0.05, 0) is 24.7 Å². The van der Waals surface area contributed by atoms with Crippen molar-refractivity contribution in [2.45, 2.75) is 18.7 Å². The molecule has 104 valence electrons. The summed E-state index contributed by atoms with van der Waals surface area (Å²) in [6.45, 7) is 1.74. The van der Waals surface area contributed by atoms with Gasteiger partial charge in [-0.25, -0.2) is 0 Å². The van der Waals surface area contributed by atoms with E-state index in [-0.39, 0.29) is 6.10 Å². The number of nitrogens with zero attached hydrogens (tertiary/aromatic N) is 2. The van der Waals surface area contributed by atoms with E-state index in [4.69, 9.17) is 4.84 Å². The highest BCUT2D eigenvalue weighted by Crippen LogP contribution is 2.29. The van der Waals surface area contributed by atoms with E-state index in [2.05, 4.69) is 10.1 Å². The standard InChI is InChI=1S/C13H15F3N2O/c1-18-6-5-12(9-18)19-17-8-10-3-2-4-11(7-10)13(14,15)16/h2-4,7-8,12H,5-6,9H2,1H3/b17-8+. The van der Waals surface area contributed by atoms with Gasteiger partial charge >= 0.3 is 6.18 Å². The fourth-order valence-corrected chi connectivity index (χ4v) is 1.95. The molecule has 1 fully saturated rings. The van der Waals surface area contributed by atoms with Gasteiger partial charge in [0.15, 0.2) is 0 Å². The number of halogens is 3. The number of likely N-dealkylation sites (N-methyl/N-ethyl adjacent to an activating group) is 1. The summed E-state index contributed by atoms with van der Waals surface area (Å²) >= 11 is 0. The number of likely N-dealkylation sites (tertiary alicyclic amines) is 1. The largest absolute Gasteiger partial charge is 0.416 e. The molecule has 1 aliphatic heterocycles.